The van der Waals surface area contributed by atoms with Crippen molar-refractivity contribution in [1.29, 1.82) is 0 Å². The number of fused-ring (bicyclic) bond motifs is 1. The molecule has 1 aromatic carbocycles. The average Bonchev–Trinajstić information content (AvgIpc) is 2.95. The van der Waals surface area contributed by atoms with Crippen molar-refractivity contribution in [3.8, 4) is 0 Å². The molecule has 43 heavy (non-hydrogen) atoms. The maximum Gasteiger partial charge on any atom is 0.303 e. The van der Waals surface area contributed by atoms with E-state index in [2.05, 4.69) is 0 Å². The summed E-state index contributed by atoms with van der Waals surface area (Å²) in [5.41, 5.74) is 0.704. The number of rotatable bonds is 9. The summed E-state index contributed by atoms with van der Waals surface area (Å²) in [6, 6.07) is 9.07. The number of methoxy groups -OCH3 is 1. The highest BCUT2D eigenvalue weighted by Gasteiger charge is 2.57. The van der Waals surface area contributed by atoms with Gasteiger partial charge in [0.05, 0.1) is 6.61 Å². The fourth-order valence-electron chi connectivity index (χ4n) is 5.15. The Morgan fingerprint density at radius 1 is 0.791 bits per heavy atom. The van der Waals surface area contributed by atoms with E-state index in [1.165, 1.54) is 7.11 Å². The lowest BCUT2D eigenvalue weighted by molar-refractivity contribution is -0.390. The summed E-state index contributed by atoms with van der Waals surface area (Å²) >= 11 is 0. The molecule has 1 aromatic rings. The predicted octanol–water partition coefficient (Wildman–Crippen LogP) is 0.301. The van der Waals surface area contributed by atoms with Crippen LogP contribution in [0.5, 0.6) is 0 Å². The predicted molar refractivity (Wildman–Crippen MR) is 139 cm³/mol. The Hall–Kier alpha value is -3.18. The number of aliphatic hydroxyl groups is 1. The molecule has 0 amide bonds. The number of hydrogen-bond acceptors (Lipinski definition) is 15. The van der Waals surface area contributed by atoms with Crippen molar-refractivity contribution in [2.75, 3.05) is 20.3 Å². The minimum atomic E-state index is -1.56. The van der Waals surface area contributed by atoms with E-state index in [-0.39, 0.29) is 6.61 Å². The fourth-order valence-corrected chi connectivity index (χ4v) is 5.15. The van der Waals surface area contributed by atoms with Gasteiger partial charge in [0.2, 0.25) is 0 Å². The third kappa shape index (κ3) is 8.06. The largest absolute Gasteiger partial charge is 0.463 e. The molecule has 0 spiro atoms. The van der Waals surface area contributed by atoms with Gasteiger partial charge in [-0.15, -0.1) is 0 Å². The molecule has 0 bridgehead atoms. The van der Waals surface area contributed by atoms with Crippen LogP contribution in [-0.2, 0) is 66.5 Å². The van der Waals surface area contributed by atoms with Gasteiger partial charge >= 0.3 is 23.9 Å². The minimum Gasteiger partial charge on any atom is -0.463 e. The van der Waals surface area contributed by atoms with Crippen molar-refractivity contribution in [3.05, 3.63) is 35.9 Å². The molecule has 0 aliphatic carbocycles. The summed E-state index contributed by atoms with van der Waals surface area (Å²) in [5, 5.41) is 11.3. The summed E-state index contributed by atoms with van der Waals surface area (Å²) in [6.45, 7) is 4.11. The number of aliphatic hydroxyl groups excluding tert-OH is 1. The third-order valence-corrected chi connectivity index (χ3v) is 6.85. The van der Waals surface area contributed by atoms with E-state index in [4.69, 9.17) is 47.4 Å². The van der Waals surface area contributed by atoms with Gasteiger partial charge in [-0.3, -0.25) is 19.2 Å². The average molecular weight is 613 g/mol. The molecule has 0 aromatic heterocycles. The maximum atomic E-state index is 12.2. The molecule has 238 valence electrons. The van der Waals surface area contributed by atoms with E-state index in [9.17, 15) is 24.3 Å². The first-order valence-corrected chi connectivity index (χ1v) is 13.6. The number of carbonyl (C=O) groups excluding carboxylic acids is 4. The second-order valence-corrected chi connectivity index (χ2v) is 10.1. The van der Waals surface area contributed by atoms with Gasteiger partial charge in [0.1, 0.15) is 37.1 Å². The molecule has 11 atom stereocenters. The highest BCUT2D eigenvalue weighted by molar-refractivity contribution is 5.68. The van der Waals surface area contributed by atoms with Gasteiger partial charge < -0.3 is 52.5 Å². The molecule has 15 heteroatoms. The quantitative estimate of drug-likeness (QED) is 0.297. The summed E-state index contributed by atoms with van der Waals surface area (Å²) in [4.78, 5) is 48.0. The van der Waals surface area contributed by atoms with Crippen molar-refractivity contribution in [3.63, 3.8) is 0 Å². The molecule has 4 rings (SSSR count). The standard InChI is InChI=1S/C28H36O15/c1-13(29)35-11-18-22(37-14(2)30)24(38-15(3)31)25(39-16(4)32)28(41-18)43-23-20(33)27(34-5)40-19-12-36-26(42-21(19)23)17-9-7-6-8-10-17/h6-10,18-28,33H,11-12H2,1-5H3/t18-,19-,20-,21-,22-,23-,24+,25-,26?,27+,28+/m1/s1. The Labute approximate surface area is 247 Å². The molecule has 3 aliphatic heterocycles. The fraction of sp³-hybridized carbons (Fsp3) is 0.643. The van der Waals surface area contributed by atoms with Crippen LogP contribution in [0.1, 0.15) is 39.5 Å². The molecular formula is C28H36O15. The zero-order chi connectivity index (χ0) is 31.3. The molecule has 3 fully saturated rings. The van der Waals surface area contributed by atoms with Crippen LogP contribution in [0.15, 0.2) is 30.3 Å². The van der Waals surface area contributed by atoms with E-state index in [0.717, 1.165) is 27.7 Å². The highest BCUT2D eigenvalue weighted by atomic mass is 16.8. The van der Waals surface area contributed by atoms with Gasteiger partial charge in [0.25, 0.3) is 0 Å². The van der Waals surface area contributed by atoms with Crippen LogP contribution < -0.4 is 0 Å². The van der Waals surface area contributed by atoms with Crippen LogP contribution in [0.4, 0.5) is 0 Å². The van der Waals surface area contributed by atoms with E-state index >= 15 is 0 Å². The topological polar surface area (TPSA) is 181 Å². The lowest BCUT2D eigenvalue weighted by Crippen LogP contribution is -2.67. The Morgan fingerprint density at radius 3 is 2.02 bits per heavy atom. The van der Waals surface area contributed by atoms with Gasteiger partial charge in [-0.2, -0.15) is 0 Å². The van der Waals surface area contributed by atoms with Crippen LogP contribution in [0.25, 0.3) is 0 Å². The van der Waals surface area contributed by atoms with Crippen LogP contribution in [0.3, 0.4) is 0 Å². The first kappa shape index (κ1) is 32.7. The molecule has 1 unspecified atom stereocenters. The molecule has 0 radical (unpaired) electrons. The van der Waals surface area contributed by atoms with Crippen LogP contribution >= 0.6 is 0 Å². The highest BCUT2D eigenvalue weighted by Crippen LogP contribution is 2.38. The summed E-state index contributed by atoms with van der Waals surface area (Å²) in [6.07, 6.45) is -13.5. The van der Waals surface area contributed by atoms with Crippen molar-refractivity contribution < 1.29 is 71.7 Å². The number of ether oxygens (including phenoxy) is 10. The van der Waals surface area contributed by atoms with Crippen LogP contribution in [0.2, 0.25) is 0 Å². The molecule has 15 nitrogen and oxygen atoms in total. The van der Waals surface area contributed by atoms with Crippen molar-refractivity contribution >= 4 is 23.9 Å². The lowest BCUT2D eigenvalue weighted by atomic mass is 9.95. The molecular weight excluding hydrogens is 576 g/mol. The monoisotopic (exact) mass is 612 g/mol. The summed E-state index contributed by atoms with van der Waals surface area (Å²) < 4.78 is 57.1. The van der Waals surface area contributed by atoms with Gasteiger partial charge in [-0.05, 0) is 0 Å². The van der Waals surface area contributed by atoms with Crippen molar-refractivity contribution in [1.82, 2.24) is 0 Å². The van der Waals surface area contributed by atoms with Gasteiger partial charge in [0, 0.05) is 40.4 Å². The Bertz CT molecular complexity index is 1130. The third-order valence-electron chi connectivity index (χ3n) is 6.85. The van der Waals surface area contributed by atoms with E-state index in [1.54, 1.807) is 12.1 Å². The normalized spacial score (nSPS) is 35.6. The van der Waals surface area contributed by atoms with Crippen LogP contribution in [-0.4, -0.2) is 111 Å². The van der Waals surface area contributed by atoms with E-state index in [1.807, 2.05) is 18.2 Å². The molecule has 3 aliphatic rings. The van der Waals surface area contributed by atoms with Gasteiger partial charge in [-0.1, -0.05) is 30.3 Å². The first-order valence-electron chi connectivity index (χ1n) is 13.6. The van der Waals surface area contributed by atoms with Crippen molar-refractivity contribution in [2.24, 2.45) is 0 Å². The van der Waals surface area contributed by atoms with E-state index in [0.29, 0.717) is 5.56 Å². The Balaban J connectivity index is 1.69. The van der Waals surface area contributed by atoms with Crippen LogP contribution in [0, 0.1) is 0 Å². The number of benzene rings is 1. The minimum absolute atomic E-state index is 0.0508. The van der Waals surface area contributed by atoms with Crippen molar-refractivity contribution in [2.45, 2.75) is 95.4 Å². The zero-order valence-corrected chi connectivity index (χ0v) is 24.3. The van der Waals surface area contributed by atoms with E-state index < -0.39 is 98.2 Å². The lowest BCUT2D eigenvalue weighted by Gasteiger charge is -2.50. The Kier molecular flexibility index (Phi) is 11.1. The maximum absolute atomic E-state index is 12.2. The molecule has 1 N–H and O–H groups in total. The van der Waals surface area contributed by atoms with Gasteiger partial charge in [-0.25, -0.2) is 0 Å². The first-order chi connectivity index (χ1) is 20.5. The molecule has 3 saturated heterocycles. The second kappa shape index (κ2) is 14.5. The molecule has 0 saturated carbocycles. The summed E-state index contributed by atoms with van der Waals surface area (Å²) in [7, 11) is 1.33. The summed E-state index contributed by atoms with van der Waals surface area (Å²) in [5.74, 6) is -3.03. The second-order valence-electron chi connectivity index (χ2n) is 10.1. The number of hydrogen-bond donors (Lipinski definition) is 1. The molecule has 3 heterocycles. The smallest absolute Gasteiger partial charge is 0.303 e. The number of esters is 4. The SMILES string of the molecule is CO[C@H]1O[C@@H]2COC(c3ccccc3)O[C@H]2[C@H](O[C@@H]2O[C@H](COC(C)=O)[C@@H](OC(C)=O)[C@H](OC(C)=O)[C@H]2OC(C)=O)[C@H]1O. The Morgan fingerprint density at radius 2 is 1.42 bits per heavy atom. The van der Waals surface area contributed by atoms with Gasteiger partial charge in [0.15, 0.2) is 37.2 Å². The zero-order valence-electron chi connectivity index (χ0n) is 24.3. The number of carbonyl (C=O) groups is 4.